The molecule has 0 saturated carbocycles. The molecule has 0 spiro atoms. The van der Waals surface area contributed by atoms with Crippen LogP contribution in [0, 0.1) is 23.7 Å². The number of aliphatic hydroxyl groups excluding tert-OH is 3. The molecule has 7 atom stereocenters. The van der Waals surface area contributed by atoms with Gasteiger partial charge < -0.3 is 24.8 Å². The summed E-state index contributed by atoms with van der Waals surface area (Å²) in [5.74, 6) is 3.07. The third kappa shape index (κ3) is 12.0. The highest BCUT2D eigenvalue weighted by Gasteiger charge is 2.38. The van der Waals surface area contributed by atoms with Gasteiger partial charge in [0.1, 0.15) is 18.3 Å². The van der Waals surface area contributed by atoms with Gasteiger partial charge in [0.2, 0.25) is 0 Å². The van der Waals surface area contributed by atoms with Crippen molar-refractivity contribution in [2.45, 2.75) is 123 Å². The molecule has 180 valence electrons. The summed E-state index contributed by atoms with van der Waals surface area (Å²) in [7, 11) is 0. The number of hydrogen-bond donors (Lipinski definition) is 3. The Labute approximate surface area is 185 Å². The second kappa shape index (κ2) is 15.6. The summed E-state index contributed by atoms with van der Waals surface area (Å²) in [6.07, 6.45) is 8.56. The monoisotopic (exact) mass is 430 g/mol. The Bertz CT molecular complexity index is 416. The summed E-state index contributed by atoms with van der Waals surface area (Å²) < 4.78 is 10.9. The molecule has 1 heterocycles. The quantitative estimate of drug-likeness (QED) is 0.324. The molecular formula is C25H50O5. The Hall–Kier alpha value is -0.200. The Morgan fingerprint density at radius 3 is 1.67 bits per heavy atom. The minimum absolute atomic E-state index is 0.00689. The third-order valence-electron chi connectivity index (χ3n) is 6.61. The van der Waals surface area contributed by atoms with Gasteiger partial charge in [-0.2, -0.15) is 0 Å². The van der Waals surface area contributed by atoms with Crippen LogP contribution in [0.15, 0.2) is 0 Å². The minimum atomic E-state index is -1.20. The summed E-state index contributed by atoms with van der Waals surface area (Å²) in [6.45, 7) is 12.2. The number of hydrogen-bond acceptors (Lipinski definition) is 5. The summed E-state index contributed by atoms with van der Waals surface area (Å²) in [5, 5.41) is 29.0. The molecule has 0 amide bonds. The van der Waals surface area contributed by atoms with Gasteiger partial charge in [-0.05, 0) is 30.1 Å². The zero-order chi connectivity index (χ0) is 22.5. The first-order chi connectivity index (χ1) is 14.2. The average molecular weight is 431 g/mol. The fourth-order valence-electron chi connectivity index (χ4n) is 4.25. The van der Waals surface area contributed by atoms with Crippen molar-refractivity contribution in [1.29, 1.82) is 0 Å². The van der Waals surface area contributed by atoms with E-state index in [9.17, 15) is 15.3 Å². The van der Waals surface area contributed by atoms with E-state index in [-0.39, 0.29) is 6.61 Å². The van der Waals surface area contributed by atoms with Gasteiger partial charge in [-0.3, -0.25) is 0 Å². The van der Waals surface area contributed by atoms with Gasteiger partial charge in [0, 0.05) is 0 Å². The summed E-state index contributed by atoms with van der Waals surface area (Å²) >= 11 is 0. The smallest absolute Gasteiger partial charge is 0.186 e. The van der Waals surface area contributed by atoms with Crippen molar-refractivity contribution in [3.8, 4) is 0 Å². The molecular weight excluding hydrogens is 380 g/mol. The molecule has 1 fully saturated rings. The second-order valence-corrected chi connectivity index (χ2v) is 10.4. The normalized spacial score (nSPS) is 27.9. The lowest BCUT2D eigenvalue weighted by molar-refractivity contribution is -0.270. The fraction of sp³-hybridized carbons (Fsp3) is 1.00. The van der Waals surface area contributed by atoms with Crippen molar-refractivity contribution in [1.82, 2.24) is 0 Å². The van der Waals surface area contributed by atoms with E-state index in [4.69, 9.17) is 9.47 Å². The number of aliphatic hydroxyl groups is 3. The first-order valence-electron chi connectivity index (χ1n) is 12.5. The predicted octanol–water partition coefficient (Wildman–Crippen LogP) is 4.91. The average Bonchev–Trinajstić information content (AvgIpc) is 2.67. The highest BCUT2D eigenvalue weighted by atomic mass is 16.7. The fourth-order valence-corrected chi connectivity index (χ4v) is 4.25. The molecule has 5 heteroatoms. The van der Waals surface area contributed by atoms with Gasteiger partial charge in [0.25, 0.3) is 0 Å². The van der Waals surface area contributed by atoms with Crippen molar-refractivity contribution in [2.24, 2.45) is 23.7 Å². The third-order valence-corrected chi connectivity index (χ3v) is 6.61. The lowest BCUT2D eigenvalue weighted by Gasteiger charge is -2.35. The summed E-state index contributed by atoms with van der Waals surface area (Å²) in [4.78, 5) is 0. The number of rotatable bonds is 16. The van der Waals surface area contributed by atoms with Gasteiger partial charge in [-0.15, -0.1) is 0 Å². The highest BCUT2D eigenvalue weighted by molar-refractivity contribution is 4.82. The lowest BCUT2D eigenvalue weighted by atomic mass is 9.91. The summed E-state index contributed by atoms with van der Waals surface area (Å²) in [6, 6.07) is 0. The van der Waals surface area contributed by atoms with Crippen LogP contribution in [0.5, 0.6) is 0 Å². The Morgan fingerprint density at radius 2 is 1.17 bits per heavy atom. The van der Waals surface area contributed by atoms with Gasteiger partial charge >= 0.3 is 0 Å². The van der Waals surface area contributed by atoms with Crippen molar-refractivity contribution in [3.05, 3.63) is 0 Å². The maximum Gasteiger partial charge on any atom is 0.186 e. The number of ether oxygens (including phenoxy) is 2. The standard InChI is InChI=1S/C25H50O5/c1-18(2)9-6-10-19(3)11-7-12-20(4)13-8-14-21(5)15-16-29-25-24(28)23(27)22(26)17-30-25/h18-28H,6-17H2,1-5H3/t19?,20?,21?,22?,23-,24-,25+/m0/s1. The molecule has 1 saturated heterocycles. The molecule has 4 unspecified atom stereocenters. The molecule has 1 rings (SSSR count). The van der Waals surface area contributed by atoms with Crippen molar-refractivity contribution >= 4 is 0 Å². The molecule has 0 bridgehead atoms. The SMILES string of the molecule is CC(C)CCCC(C)CCCC(C)CCCC(C)CCO[C@@H]1OCC(O)[C@H](O)[C@@H]1O. The lowest BCUT2D eigenvalue weighted by Crippen LogP contribution is -2.53. The Morgan fingerprint density at radius 1 is 0.700 bits per heavy atom. The van der Waals surface area contributed by atoms with E-state index < -0.39 is 24.6 Å². The first-order valence-corrected chi connectivity index (χ1v) is 12.5. The van der Waals surface area contributed by atoms with Crippen LogP contribution in [-0.4, -0.2) is 53.1 Å². The van der Waals surface area contributed by atoms with Crippen molar-refractivity contribution < 1.29 is 24.8 Å². The van der Waals surface area contributed by atoms with Crippen LogP contribution in [-0.2, 0) is 9.47 Å². The molecule has 0 aromatic carbocycles. The van der Waals surface area contributed by atoms with Crippen LogP contribution in [0.4, 0.5) is 0 Å². The van der Waals surface area contributed by atoms with E-state index in [0.717, 1.165) is 24.2 Å². The highest BCUT2D eigenvalue weighted by Crippen LogP contribution is 2.23. The molecule has 3 N–H and O–H groups in total. The van der Waals surface area contributed by atoms with Crippen LogP contribution in [0.25, 0.3) is 0 Å². The maximum absolute atomic E-state index is 9.88. The van der Waals surface area contributed by atoms with E-state index in [0.29, 0.717) is 12.5 Å². The van der Waals surface area contributed by atoms with E-state index in [1.165, 1.54) is 57.8 Å². The van der Waals surface area contributed by atoms with Crippen LogP contribution in [0.1, 0.15) is 98.8 Å². The van der Waals surface area contributed by atoms with Crippen LogP contribution in [0.3, 0.4) is 0 Å². The summed E-state index contributed by atoms with van der Waals surface area (Å²) in [5.41, 5.74) is 0. The van der Waals surface area contributed by atoms with E-state index in [1.54, 1.807) is 0 Å². The zero-order valence-corrected chi connectivity index (χ0v) is 20.3. The maximum atomic E-state index is 9.88. The molecule has 30 heavy (non-hydrogen) atoms. The predicted molar refractivity (Wildman–Crippen MR) is 122 cm³/mol. The Kier molecular flexibility index (Phi) is 14.5. The molecule has 1 aliphatic rings. The van der Waals surface area contributed by atoms with Crippen molar-refractivity contribution in [2.75, 3.05) is 13.2 Å². The molecule has 1 aliphatic heterocycles. The molecule has 0 aliphatic carbocycles. The first kappa shape index (κ1) is 27.8. The molecule has 5 nitrogen and oxygen atoms in total. The van der Waals surface area contributed by atoms with Crippen molar-refractivity contribution in [3.63, 3.8) is 0 Å². The largest absolute Gasteiger partial charge is 0.388 e. The van der Waals surface area contributed by atoms with Gasteiger partial charge in [-0.25, -0.2) is 0 Å². The minimum Gasteiger partial charge on any atom is -0.388 e. The van der Waals surface area contributed by atoms with Crippen LogP contribution >= 0.6 is 0 Å². The van der Waals surface area contributed by atoms with Gasteiger partial charge in [-0.1, -0.05) is 92.4 Å². The Balaban J connectivity index is 2.02. The van der Waals surface area contributed by atoms with Crippen LogP contribution < -0.4 is 0 Å². The van der Waals surface area contributed by atoms with Crippen LogP contribution in [0.2, 0.25) is 0 Å². The zero-order valence-electron chi connectivity index (χ0n) is 20.3. The topological polar surface area (TPSA) is 79.2 Å². The molecule has 0 aromatic rings. The van der Waals surface area contributed by atoms with Gasteiger partial charge in [0.05, 0.1) is 13.2 Å². The van der Waals surface area contributed by atoms with E-state index in [2.05, 4.69) is 34.6 Å². The molecule has 0 radical (unpaired) electrons. The molecule has 0 aromatic heterocycles. The van der Waals surface area contributed by atoms with Gasteiger partial charge in [0.15, 0.2) is 6.29 Å². The second-order valence-electron chi connectivity index (χ2n) is 10.4. The van der Waals surface area contributed by atoms with E-state index in [1.807, 2.05) is 0 Å². The van der Waals surface area contributed by atoms with E-state index >= 15 is 0 Å².